The molecule has 0 aliphatic rings. The highest BCUT2D eigenvalue weighted by molar-refractivity contribution is 5.32. The van der Waals surface area contributed by atoms with Gasteiger partial charge in [-0.2, -0.15) is 0 Å². The molecule has 2 unspecified atom stereocenters. The average Bonchev–Trinajstić information content (AvgIpc) is 2.89. The minimum atomic E-state index is -0.0969. The van der Waals surface area contributed by atoms with E-state index >= 15 is 0 Å². The second-order valence-electron chi connectivity index (χ2n) is 4.81. The average molecular weight is 260 g/mol. The number of rotatable bonds is 6. The van der Waals surface area contributed by atoms with E-state index in [-0.39, 0.29) is 6.04 Å². The van der Waals surface area contributed by atoms with E-state index in [1.165, 1.54) is 0 Å². The first-order chi connectivity index (χ1) is 9.22. The van der Waals surface area contributed by atoms with Gasteiger partial charge in [-0.25, -0.2) is 4.68 Å². The van der Waals surface area contributed by atoms with Crippen LogP contribution in [-0.2, 0) is 4.74 Å². The maximum atomic E-state index is 6.25. The molecule has 2 rings (SSSR count). The summed E-state index contributed by atoms with van der Waals surface area (Å²) in [6, 6.07) is 9.80. The molecule has 0 saturated carbocycles. The van der Waals surface area contributed by atoms with Crippen molar-refractivity contribution in [3.05, 3.63) is 42.2 Å². The van der Waals surface area contributed by atoms with Crippen LogP contribution < -0.4 is 5.73 Å². The molecule has 19 heavy (non-hydrogen) atoms. The summed E-state index contributed by atoms with van der Waals surface area (Å²) in [7, 11) is 1.71. The summed E-state index contributed by atoms with van der Waals surface area (Å²) < 4.78 is 6.94. The maximum absolute atomic E-state index is 6.25. The lowest BCUT2D eigenvalue weighted by atomic mass is 10.0. The van der Waals surface area contributed by atoms with Crippen LogP contribution >= 0.6 is 0 Å². The zero-order valence-electron chi connectivity index (χ0n) is 11.4. The van der Waals surface area contributed by atoms with Crippen LogP contribution in [0.1, 0.15) is 25.1 Å². The van der Waals surface area contributed by atoms with E-state index in [1.807, 2.05) is 30.3 Å². The number of methoxy groups -OCH3 is 1. The number of nitrogens with two attached hydrogens (primary N) is 1. The molecule has 2 N–H and O–H groups in total. The summed E-state index contributed by atoms with van der Waals surface area (Å²) in [6.45, 7) is 2.83. The fourth-order valence-corrected chi connectivity index (χ4v) is 2.17. The van der Waals surface area contributed by atoms with Crippen molar-refractivity contribution in [2.45, 2.75) is 19.4 Å². The van der Waals surface area contributed by atoms with E-state index < -0.39 is 0 Å². The SMILES string of the molecule is COCC(C)CC(N)c1cnnn1-c1ccccc1. The summed E-state index contributed by atoms with van der Waals surface area (Å²) in [6.07, 6.45) is 2.57. The quantitative estimate of drug-likeness (QED) is 0.862. The minimum Gasteiger partial charge on any atom is -0.384 e. The van der Waals surface area contributed by atoms with Gasteiger partial charge in [0.15, 0.2) is 0 Å². The topological polar surface area (TPSA) is 66.0 Å². The van der Waals surface area contributed by atoms with E-state index in [2.05, 4.69) is 17.2 Å². The largest absolute Gasteiger partial charge is 0.384 e. The summed E-state index contributed by atoms with van der Waals surface area (Å²) in [5.74, 6) is 0.402. The third-order valence-electron chi connectivity index (χ3n) is 3.06. The minimum absolute atomic E-state index is 0.0969. The van der Waals surface area contributed by atoms with Gasteiger partial charge in [0, 0.05) is 19.8 Å². The molecule has 5 heteroatoms. The molecule has 2 aromatic rings. The van der Waals surface area contributed by atoms with E-state index in [1.54, 1.807) is 18.0 Å². The summed E-state index contributed by atoms with van der Waals surface area (Å²) in [5.41, 5.74) is 8.15. The van der Waals surface area contributed by atoms with Gasteiger partial charge in [-0.1, -0.05) is 30.3 Å². The van der Waals surface area contributed by atoms with Crippen LogP contribution in [0.2, 0.25) is 0 Å². The molecule has 1 aromatic carbocycles. The number of ether oxygens (including phenoxy) is 1. The zero-order chi connectivity index (χ0) is 13.7. The monoisotopic (exact) mass is 260 g/mol. The van der Waals surface area contributed by atoms with Crippen LogP contribution in [0.25, 0.3) is 5.69 Å². The van der Waals surface area contributed by atoms with Crippen molar-refractivity contribution < 1.29 is 4.74 Å². The molecule has 0 bridgehead atoms. The molecule has 0 amide bonds. The number of aromatic nitrogens is 3. The lowest BCUT2D eigenvalue weighted by Gasteiger charge is -2.17. The number of hydrogen-bond acceptors (Lipinski definition) is 4. The van der Waals surface area contributed by atoms with Crippen molar-refractivity contribution in [3.63, 3.8) is 0 Å². The Hall–Kier alpha value is -1.72. The van der Waals surface area contributed by atoms with E-state index in [9.17, 15) is 0 Å². The highest BCUT2D eigenvalue weighted by atomic mass is 16.5. The van der Waals surface area contributed by atoms with Crippen molar-refractivity contribution in [1.82, 2.24) is 15.0 Å². The first kappa shape index (κ1) is 13.7. The number of benzene rings is 1. The fraction of sp³-hybridized carbons (Fsp3) is 0.429. The number of nitrogens with zero attached hydrogens (tertiary/aromatic N) is 3. The van der Waals surface area contributed by atoms with Gasteiger partial charge < -0.3 is 10.5 Å². The molecular weight excluding hydrogens is 240 g/mol. The highest BCUT2D eigenvalue weighted by Gasteiger charge is 2.16. The van der Waals surface area contributed by atoms with Gasteiger partial charge in [-0.3, -0.25) is 0 Å². The molecule has 5 nitrogen and oxygen atoms in total. The van der Waals surface area contributed by atoms with Crippen LogP contribution in [0, 0.1) is 5.92 Å². The van der Waals surface area contributed by atoms with E-state index in [0.717, 1.165) is 17.8 Å². The number of hydrogen-bond donors (Lipinski definition) is 1. The molecule has 0 radical (unpaired) electrons. The second-order valence-corrected chi connectivity index (χ2v) is 4.81. The van der Waals surface area contributed by atoms with Crippen LogP contribution in [0.5, 0.6) is 0 Å². The van der Waals surface area contributed by atoms with Crippen molar-refractivity contribution in [2.75, 3.05) is 13.7 Å². The third-order valence-corrected chi connectivity index (χ3v) is 3.06. The molecule has 1 aromatic heterocycles. The lowest BCUT2D eigenvalue weighted by Crippen LogP contribution is -2.19. The predicted octanol–water partition coefficient (Wildman–Crippen LogP) is 1.94. The van der Waals surface area contributed by atoms with Gasteiger partial charge in [0.25, 0.3) is 0 Å². The molecule has 0 aliphatic heterocycles. The zero-order valence-corrected chi connectivity index (χ0v) is 11.4. The van der Waals surface area contributed by atoms with Gasteiger partial charge in [0.05, 0.1) is 17.6 Å². The number of para-hydroxylation sites is 1. The molecular formula is C14H20N4O. The molecule has 0 saturated heterocycles. The van der Waals surface area contributed by atoms with Crippen molar-refractivity contribution in [3.8, 4) is 5.69 Å². The fourth-order valence-electron chi connectivity index (χ4n) is 2.17. The Balaban J connectivity index is 2.15. The Morgan fingerprint density at radius 2 is 2.05 bits per heavy atom. The Kier molecular flexibility index (Phi) is 4.65. The van der Waals surface area contributed by atoms with Crippen LogP contribution in [0.15, 0.2) is 36.5 Å². The van der Waals surface area contributed by atoms with Crippen molar-refractivity contribution >= 4 is 0 Å². The van der Waals surface area contributed by atoms with Gasteiger partial charge in [0.2, 0.25) is 0 Å². The van der Waals surface area contributed by atoms with Crippen LogP contribution in [-0.4, -0.2) is 28.7 Å². The van der Waals surface area contributed by atoms with E-state index in [4.69, 9.17) is 10.5 Å². The first-order valence-electron chi connectivity index (χ1n) is 6.43. The van der Waals surface area contributed by atoms with Crippen molar-refractivity contribution in [1.29, 1.82) is 0 Å². The Labute approximate surface area is 113 Å². The molecule has 0 fully saturated rings. The van der Waals surface area contributed by atoms with Gasteiger partial charge >= 0.3 is 0 Å². The second kappa shape index (κ2) is 6.45. The van der Waals surface area contributed by atoms with E-state index in [0.29, 0.717) is 12.5 Å². The third kappa shape index (κ3) is 3.39. The normalized spacial score (nSPS) is 14.3. The van der Waals surface area contributed by atoms with Crippen molar-refractivity contribution in [2.24, 2.45) is 11.7 Å². The highest BCUT2D eigenvalue weighted by Crippen LogP contribution is 2.20. The maximum Gasteiger partial charge on any atom is 0.0813 e. The first-order valence-corrected chi connectivity index (χ1v) is 6.43. The van der Waals surface area contributed by atoms with Gasteiger partial charge in [-0.15, -0.1) is 5.10 Å². The summed E-state index contributed by atoms with van der Waals surface area (Å²) >= 11 is 0. The van der Waals surface area contributed by atoms with Crippen LogP contribution in [0.4, 0.5) is 0 Å². The van der Waals surface area contributed by atoms with Crippen LogP contribution in [0.3, 0.4) is 0 Å². The molecule has 102 valence electrons. The Bertz CT molecular complexity index is 497. The summed E-state index contributed by atoms with van der Waals surface area (Å²) in [4.78, 5) is 0. The van der Waals surface area contributed by atoms with Gasteiger partial charge in [0.1, 0.15) is 0 Å². The molecule has 2 atom stereocenters. The molecule has 0 aliphatic carbocycles. The summed E-state index contributed by atoms with van der Waals surface area (Å²) in [5, 5.41) is 8.09. The molecule has 0 spiro atoms. The lowest BCUT2D eigenvalue weighted by molar-refractivity contribution is 0.151. The Morgan fingerprint density at radius 1 is 1.32 bits per heavy atom. The predicted molar refractivity (Wildman–Crippen MR) is 73.9 cm³/mol. The Morgan fingerprint density at radius 3 is 2.74 bits per heavy atom. The standard InChI is InChI=1S/C14H20N4O/c1-11(10-19-2)8-13(15)14-9-16-17-18(14)12-6-4-3-5-7-12/h3-7,9,11,13H,8,10,15H2,1-2H3. The van der Waals surface area contributed by atoms with Gasteiger partial charge in [-0.05, 0) is 24.5 Å². The smallest absolute Gasteiger partial charge is 0.0813 e. The molecule has 1 heterocycles.